The second-order valence-corrected chi connectivity index (χ2v) is 3.31. The molecule has 1 aromatic carbocycles. The highest BCUT2D eigenvalue weighted by Gasteiger charge is 2.31. The van der Waals surface area contributed by atoms with E-state index in [1.807, 2.05) is 24.1 Å². The quantitative estimate of drug-likeness (QED) is 0.703. The van der Waals surface area contributed by atoms with Crippen molar-refractivity contribution in [1.82, 2.24) is 5.32 Å². The van der Waals surface area contributed by atoms with E-state index in [-0.39, 0.29) is 0 Å². The Labute approximate surface area is 86.1 Å². The molecule has 1 aliphatic carbocycles. The lowest BCUT2D eigenvalue weighted by atomic mass is 10.1. The van der Waals surface area contributed by atoms with Gasteiger partial charge in [-0.15, -0.1) is 6.42 Å². The molecule has 2 rings (SSSR count). The van der Waals surface area contributed by atoms with E-state index in [9.17, 15) is 4.39 Å². The van der Waals surface area contributed by atoms with E-state index < -0.39 is 18.7 Å². The van der Waals surface area contributed by atoms with Gasteiger partial charge in [0.25, 0.3) is 0 Å². The Bertz CT molecular complexity index is 439. The van der Waals surface area contributed by atoms with Crippen LogP contribution in [0.1, 0.15) is 19.9 Å². The maximum Gasteiger partial charge on any atom is 0.124 e. The molecule has 2 heteroatoms. The fourth-order valence-corrected chi connectivity index (χ4v) is 1.83. The SMILES string of the molecule is [2H]C([2H])(C#C)N[C@@H]1c2ccccc2C[C@H]1F. The van der Waals surface area contributed by atoms with Gasteiger partial charge in [-0.3, -0.25) is 5.32 Å². The number of fused-ring (bicyclic) bond motifs is 1. The van der Waals surface area contributed by atoms with E-state index in [1.54, 1.807) is 6.07 Å². The van der Waals surface area contributed by atoms with Crippen LogP contribution in [0.4, 0.5) is 4.39 Å². The first-order valence-electron chi connectivity index (χ1n) is 5.51. The van der Waals surface area contributed by atoms with Crippen LogP contribution in [-0.4, -0.2) is 12.7 Å². The molecule has 0 aliphatic heterocycles. The largest absolute Gasteiger partial charge is 0.297 e. The lowest BCUT2D eigenvalue weighted by Crippen LogP contribution is -2.26. The molecule has 0 amide bonds. The molecule has 0 saturated heterocycles. The van der Waals surface area contributed by atoms with Crippen molar-refractivity contribution >= 4 is 0 Å². The van der Waals surface area contributed by atoms with Crippen molar-refractivity contribution in [1.29, 1.82) is 0 Å². The Hall–Kier alpha value is -1.33. The van der Waals surface area contributed by atoms with Crippen LogP contribution < -0.4 is 5.32 Å². The number of terminal acetylenes is 1. The molecule has 2 atom stereocenters. The van der Waals surface area contributed by atoms with E-state index in [2.05, 4.69) is 5.32 Å². The average molecular weight is 191 g/mol. The molecule has 0 saturated carbocycles. The van der Waals surface area contributed by atoms with Crippen LogP contribution in [0.2, 0.25) is 0 Å². The molecule has 0 heterocycles. The van der Waals surface area contributed by atoms with Gasteiger partial charge in [-0.25, -0.2) is 4.39 Å². The molecule has 0 fully saturated rings. The molecular weight excluding hydrogens is 177 g/mol. The summed E-state index contributed by atoms with van der Waals surface area (Å²) in [7, 11) is 0. The van der Waals surface area contributed by atoms with Crippen molar-refractivity contribution in [2.75, 3.05) is 6.50 Å². The van der Waals surface area contributed by atoms with Crippen LogP contribution >= 0.6 is 0 Å². The minimum atomic E-state index is -1.98. The van der Waals surface area contributed by atoms with Gasteiger partial charge in [0.05, 0.1) is 15.3 Å². The normalized spacial score (nSPS) is 27.4. The predicted molar refractivity (Wildman–Crippen MR) is 54.6 cm³/mol. The van der Waals surface area contributed by atoms with Gasteiger partial charge in [-0.05, 0) is 11.1 Å². The summed E-state index contributed by atoms with van der Waals surface area (Å²) >= 11 is 0. The fraction of sp³-hybridized carbons (Fsp3) is 0.333. The first-order chi connectivity index (χ1) is 7.53. The Morgan fingerprint density at radius 1 is 1.64 bits per heavy atom. The lowest BCUT2D eigenvalue weighted by Gasteiger charge is -2.14. The van der Waals surface area contributed by atoms with Gasteiger partial charge < -0.3 is 0 Å². The highest BCUT2D eigenvalue weighted by Crippen LogP contribution is 2.32. The molecule has 0 radical (unpaired) electrons. The Balaban J connectivity index is 2.27. The monoisotopic (exact) mass is 191 g/mol. The maximum atomic E-state index is 13.7. The van der Waals surface area contributed by atoms with Gasteiger partial charge in [0.15, 0.2) is 0 Å². The van der Waals surface area contributed by atoms with E-state index >= 15 is 0 Å². The van der Waals surface area contributed by atoms with Crippen molar-refractivity contribution < 1.29 is 7.13 Å². The number of hydrogen-bond acceptors (Lipinski definition) is 1. The van der Waals surface area contributed by atoms with Crippen LogP contribution in [0.5, 0.6) is 0 Å². The van der Waals surface area contributed by atoms with Crippen LogP contribution in [0.15, 0.2) is 24.3 Å². The lowest BCUT2D eigenvalue weighted by molar-refractivity contribution is 0.275. The first-order valence-corrected chi connectivity index (χ1v) is 4.51. The minimum absolute atomic E-state index is 0.314. The number of halogens is 1. The number of nitrogens with one attached hydrogen (secondary N) is 1. The minimum Gasteiger partial charge on any atom is -0.297 e. The van der Waals surface area contributed by atoms with Gasteiger partial charge in [0, 0.05) is 6.42 Å². The standard InChI is InChI=1S/C12H12FN/c1-2-7-14-12-10-6-4-3-5-9(10)8-11(12)13/h1,3-6,11-12,14H,7-8H2/t11-,12-/m1/s1/i7D2. The molecule has 1 aliphatic rings. The summed E-state index contributed by atoms with van der Waals surface area (Å²) in [4.78, 5) is 0. The Kier molecular flexibility index (Phi) is 1.91. The van der Waals surface area contributed by atoms with Crippen molar-refractivity contribution in [3.8, 4) is 12.3 Å². The summed E-state index contributed by atoms with van der Waals surface area (Å²) in [6.07, 6.45) is 4.23. The third-order valence-electron chi connectivity index (χ3n) is 2.47. The smallest absolute Gasteiger partial charge is 0.124 e. The molecule has 0 aromatic heterocycles. The predicted octanol–water partition coefficient (Wildman–Crippen LogP) is 1.84. The molecule has 0 unspecified atom stereocenters. The Morgan fingerprint density at radius 2 is 2.43 bits per heavy atom. The fourth-order valence-electron chi connectivity index (χ4n) is 1.83. The van der Waals surface area contributed by atoms with Crippen molar-refractivity contribution in [2.45, 2.75) is 18.6 Å². The van der Waals surface area contributed by atoms with E-state index in [1.165, 1.54) is 0 Å². The summed E-state index contributed by atoms with van der Waals surface area (Å²) in [6, 6.07) is 6.68. The van der Waals surface area contributed by atoms with Crippen LogP contribution in [0.3, 0.4) is 0 Å². The van der Waals surface area contributed by atoms with Crippen LogP contribution in [0, 0.1) is 12.3 Å². The zero-order valence-corrected chi connectivity index (χ0v) is 7.63. The second-order valence-electron chi connectivity index (χ2n) is 3.31. The molecular formula is C12H12FN. The molecule has 1 aromatic rings. The second kappa shape index (κ2) is 3.81. The summed E-state index contributed by atoms with van der Waals surface area (Å²) in [5.41, 5.74) is 1.72. The highest BCUT2D eigenvalue weighted by atomic mass is 19.1. The van der Waals surface area contributed by atoms with Crippen LogP contribution in [-0.2, 0) is 6.42 Å². The molecule has 0 bridgehead atoms. The summed E-state index contributed by atoms with van der Waals surface area (Å²) < 4.78 is 28.6. The highest BCUT2D eigenvalue weighted by molar-refractivity contribution is 5.36. The van der Waals surface area contributed by atoms with E-state index in [0.29, 0.717) is 6.42 Å². The van der Waals surface area contributed by atoms with Crippen molar-refractivity contribution in [2.24, 2.45) is 0 Å². The summed E-state index contributed by atoms with van der Waals surface area (Å²) in [5, 5.41) is 2.53. The topological polar surface area (TPSA) is 12.0 Å². The zero-order valence-electron chi connectivity index (χ0n) is 9.63. The maximum absolute atomic E-state index is 13.7. The number of rotatable bonds is 2. The Morgan fingerprint density at radius 3 is 3.21 bits per heavy atom. The van der Waals surface area contributed by atoms with Gasteiger partial charge in [0.1, 0.15) is 6.17 Å². The van der Waals surface area contributed by atoms with Gasteiger partial charge in [-0.2, -0.15) is 0 Å². The molecule has 14 heavy (non-hydrogen) atoms. The first kappa shape index (κ1) is 7.03. The van der Waals surface area contributed by atoms with Crippen molar-refractivity contribution in [3.63, 3.8) is 0 Å². The van der Waals surface area contributed by atoms with E-state index in [4.69, 9.17) is 9.16 Å². The number of benzene rings is 1. The average Bonchev–Trinajstić information content (AvgIpc) is 2.56. The zero-order chi connectivity index (χ0) is 11.8. The number of hydrogen-bond donors (Lipinski definition) is 1. The molecule has 1 N–H and O–H groups in total. The summed E-state index contributed by atoms with van der Waals surface area (Å²) in [6.45, 7) is -1.98. The molecule has 72 valence electrons. The molecule has 1 nitrogen and oxygen atoms in total. The number of alkyl halides is 1. The van der Waals surface area contributed by atoms with Gasteiger partial charge in [-0.1, -0.05) is 30.2 Å². The third kappa shape index (κ3) is 1.51. The van der Waals surface area contributed by atoms with Crippen molar-refractivity contribution in [3.05, 3.63) is 35.4 Å². The third-order valence-corrected chi connectivity index (χ3v) is 2.47. The van der Waals surface area contributed by atoms with E-state index in [0.717, 1.165) is 11.1 Å². The molecule has 0 spiro atoms. The van der Waals surface area contributed by atoms with Gasteiger partial charge >= 0.3 is 0 Å². The summed E-state index contributed by atoms with van der Waals surface area (Å²) in [5.74, 6) is 1.98. The van der Waals surface area contributed by atoms with Crippen LogP contribution in [0.25, 0.3) is 0 Å². The van der Waals surface area contributed by atoms with Gasteiger partial charge in [0.2, 0.25) is 0 Å².